The normalized spacial score (nSPS) is 21.6. The molecule has 1 aromatic carbocycles. The Morgan fingerprint density at radius 3 is 2.60 bits per heavy atom. The van der Waals surface area contributed by atoms with Crippen LogP contribution in [0.15, 0.2) is 60.3 Å². The van der Waals surface area contributed by atoms with E-state index in [0.29, 0.717) is 17.7 Å². The maximum absolute atomic E-state index is 14.4. The molecule has 0 saturated carbocycles. The Morgan fingerprint density at radius 1 is 1.17 bits per heavy atom. The first-order chi connectivity index (χ1) is 20.0. The molecule has 2 bridgehead atoms. The highest BCUT2D eigenvalue weighted by molar-refractivity contribution is 8.13. The van der Waals surface area contributed by atoms with Crippen molar-refractivity contribution in [2.45, 2.75) is 58.1 Å². The van der Waals surface area contributed by atoms with Gasteiger partial charge in [0.15, 0.2) is 11.4 Å². The zero-order valence-electron chi connectivity index (χ0n) is 23.1. The quantitative estimate of drug-likeness (QED) is 0.190. The van der Waals surface area contributed by atoms with Crippen LogP contribution in [0.1, 0.15) is 48.4 Å². The average Bonchev–Trinajstić information content (AvgIpc) is 2.95. The lowest BCUT2D eigenvalue weighted by Crippen LogP contribution is -2.49. The van der Waals surface area contributed by atoms with E-state index in [2.05, 4.69) is 20.9 Å². The summed E-state index contributed by atoms with van der Waals surface area (Å²) in [6, 6.07) is 7.28. The van der Waals surface area contributed by atoms with E-state index in [0.717, 1.165) is 23.9 Å². The second kappa shape index (κ2) is 15.8. The smallest absolute Gasteiger partial charge is 0.274 e. The van der Waals surface area contributed by atoms with Gasteiger partial charge in [-0.25, -0.2) is 9.37 Å². The van der Waals surface area contributed by atoms with Gasteiger partial charge in [-0.15, -0.1) is 0 Å². The molecule has 3 rings (SSSR count). The molecule has 2 heterocycles. The number of aromatic hydroxyl groups is 1. The van der Waals surface area contributed by atoms with Crippen LogP contribution in [0.4, 0.5) is 4.39 Å². The van der Waals surface area contributed by atoms with Crippen molar-refractivity contribution in [3.05, 3.63) is 83.1 Å². The minimum atomic E-state index is -1.62. The molecular weight excluding hydrogens is 567 g/mol. The standard InChI is InChI=1S/C29H33FN4O7S/c1-3-22-27(38)34-24(14-18-7-9-19(36)10-8-18)29(40)41-20(6-4-5-13-42-17(2)35)15-26(37)31-16-25-21(30)11-12-23(32-25)28(39)33-22/h3-4,6-12,20,24,29,36,40H,5,13-16H2,1-2H3,(H,31,37)(H,33,39)(H,34,38)/b6-4+,22-3-/t20-,24+,29?/m1/s1. The largest absolute Gasteiger partial charge is 0.508 e. The highest BCUT2D eigenvalue weighted by Gasteiger charge is 2.28. The van der Waals surface area contributed by atoms with Crippen LogP contribution in [-0.4, -0.2) is 62.2 Å². The van der Waals surface area contributed by atoms with Gasteiger partial charge in [-0.3, -0.25) is 19.2 Å². The number of rotatable bonds is 6. The van der Waals surface area contributed by atoms with E-state index in [1.807, 2.05) is 0 Å². The van der Waals surface area contributed by atoms with Crippen molar-refractivity contribution in [3.8, 4) is 5.75 Å². The van der Waals surface area contributed by atoms with Crippen LogP contribution in [0.3, 0.4) is 0 Å². The molecule has 11 nitrogen and oxygen atoms in total. The molecule has 2 aromatic rings. The maximum atomic E-state index is 14.4. The zero-order valence-corrected chi connectivity index (χ0v) is 23.9. The van der Waals surface area contributed by atoms with Crippen molar-refractivity contribution in [1.82, 2.24) is 20.9 Å². The van der Waals surface area contributed by atoms with E-state index in [9.17, 15) is 33.8 Å². The minimum Gasteiger partial charge on any atom is -0.508 e. The van der Waals surface area contributed by atoms with Crippen molar-refractivity contribution >= 4 is 34.6 Å². The Labute approximate surface area is 246 Å². The number of phenolic OH excluding ortho intramolecular Hbond substituents is 1. The summed E-state index contributed by atoms with van der Waals surface area (Å²) in [6.45, 7) is 2.67. The van der Waals surface area contributed by atoms with E-state index < -0.39 is 42.0 Å². The number of fused-ring (bicyclic) bond motifs is 2. The van der Waals surface area contributed by atoms with Gasteiger partial charge in [0.2, 0.25) is 5.91 Å². The molecule has 1 aliphatic rings. The Kier molecular flexibility index (Phi) is 12.2. The fourth-order valence-electron chi connectivity index (χ4n) is 3.93. The molecule has 3 atom stereocenters. The number of phenols is 1. The van der Waals surface area contributed by atoms with Crippen LogP contribution < -0.4 is 16.0 Å². The van der Waals surface area contributed by atoms with Gasteiger partial charge in [-0.2, -0.15) is 0 Å². The maximum Gasteiger partial charge on any atom is 0.274 e. The fraction of sp³-hybridized carbons (Fsp3) is 0.345. The summed E-state index contributed by atoms with van der Waals surface area (Å²) < 4.78 is 20.2. The van der Waals surface area contributed by atoms with Crippen LogP contribution in [0.2, 0.25) is 0 Å². The number of nitrogens with one attached hydrogen (secondary N) is 3. The molecule has 0 radical (unpaired) electrons. The number of allylic oxidation sites excluding steroid dienone is 2. The molecule has 42 heavy (non-hydrogen) atoms. The molecule has 0 aliphatic carbocycles. The number of ether oxygens (including phenoxy) is 1. The van der Waals surface area contributed by atoms with Crippen LogP contribution >= 0.6 is 11.8 Å². The van der Waals surface area contributed by atoms with Gasteiger partial charge in [0, 0.05) is 12.7 Å². The number of pyridine rings is 1. The summed E-state index contributed by atoms with van der Waals surface area (Å²) in [4.78, 5) is 54.0. The molecule has 0 spiro atoms. The van der Waals surface area contributed by atoms with E-state index in [-0.39, 0.29) is 47.3 Å². The monoisotopic (exact) mass is 600 g/mol. The van der Waals surface area contributed by atoms with Gasteiger partial charge in [0.05, 0.1) is 30.8 Å². The van der Waals surface area contributed by atoms with E-state index >= 15 is 0 Å². The molecule has 5 N–H and O–H groups in total. The number of hydrogen-bond donors (Lipinski definition) is 5. The Bertz CT molecular complexity index is 1350. The van der Waals surface area contributed by atoms with Crippen molar-refractivity contribution in [3.63, 3.8) is 0 Å². The molecule has 0 saturated heterocycles. The number of carbonyl (C=O) groups excluding carboxylic acids is 4. The number of thioether (sulfide) groups is 1. The number of hydrogen-bond acceptors (Lipinski definition) is 9. The molecule has 0 fully saturated rings. The molecular formula is C29H33FN4O7S. The molecule has 3 amide bonds. The summed E-state index contributed by atoms with van der Waals surface area (Å²) in [5.41, 5.74) is 0.150. The lowest BCUT2D eigenvalue weighted by atomic mass is 10.0. The van der Waals surface area contributed by atoms with Crippen LogP contribution in [0.25, 0.3) is 0 Å². The summed E-state index contributed by atoms with van der Waals surface area (Å²) in [5.74, 6) is -2.26. The zero-order chi connectivity index (χ0) is 30.6. The second-order valence-electron chi connectivity index (χ2n) is 9.33. The van der Waals surface area contributed by atoms with Crippen molar-refractivity contribution in [1.29, 1.82) is 0 Å². The highest BCUT2D eigenvalue weighted by Crippen LogP contribution is 2.16. The summed E-state index contributed by atoms with van der Waals surface area (Å²) in [6.07, 6.45) is 2.35. The summed E-state index contributed by atoms with van der Waals surface area (Å²) in [5, 5.41) is 28.4. The van der Waals surface area contributed by atoms with Gasteiger partial charge in [0.25, 0.3) is 11.8 Å². The van der Waals surface area contributed by atoms with Crippen LogP contribution in [-0.2, 0) is 32.1 Å². The number of aliphatic hydroxyl groups excluding tert-OH is 1. The first kappa shape index (κ1) is 32.4. The summed E-state index contributed by atoms with van der Waals surface area (Å²) >= 11 is 1.14. The lowest BCUT2D eigenvalue weighted by Gasteiger charge is -2.28. The van der Waals surface area contributed by atoms with Gasteiger partial charge in [-0.05, 0) is 49.6 Å². The third-order valence-corrected chi connectivity index (χ3v) is 6.93. The molecule has 224 valence electrons. The van der Waals surface area contributed by atoms with E-state index in [4.69, 9.17) is 4.74 Å². The predicted octanol–water partition coefficient (Wildman–Crippen LogP) is 2.24. The average molecular weight is 601 g/mol. The third-order valence-electron chi connectivity index (χ3n) is 6.08. The molecule has 1 unspecified atom stereocenters. The lowest BCUT2D eigenvalue weighted by molar-refractivity contribution is -0.152. The number of nitrogens with zero attached hydrogens (tertiary/aromatic N) is 1. The second-order valence-corrected chi connectivity index (χ2v) is 10.6. The predicted molar refractivity (Wildman–Crippen MR) is 153 cm³/mol. The van der Waals surface area contributed by atoms with Crippen molar-refractivity contribution in [2.75, 3.05) is 5.75 Å². The van der Waals surface area contributed by atoms with Gasteiger partial charge < -0.3 is 30.9 Å². The molecule has 1 aliphatic heterocycles. The SMILES string of the molecule is C/C=C1\NC(=O)c2ccc(F)c(n2)CNC(=O)C[C@@H](/C=C/CCSC(C)=O)OC(O)[C@H](Cc2ccc(O)cc2)NC1=O. The van der Waals surface area contributed by atoms with Crippen molar-refractivity contribution in [2.24, 2.45) is 0 Å². The Morgan fingerprint density at radius 2 is 1.90 bits per heavy atom. The van der Waals surface area contributed by atoms with Gasteiger partial charge >= 0.3 is 0 Å². The topological polar surface area (TPSA) is 167 Å². The molecule has 1 aromatic heterocycles. The van der Waals surface area contributed by atoms with E-state index in [1.165, 1.54) is 32.1 Å². The number of benzene rings is 1. The number of halogens is 1. The minimum absolute atomic E-state index is 0.0337. The summed E-state index contributed by atoms with van der Waals surface area (Å²) in [7, 11) is 0. The number of amides is 3. The Hall–Kier alpha value is -4.07. The highest BCUT2D eigenvalue weighted by atomic mass is 32.2. The van der Waals surface area contributed by atoms with E-state index in [1.54, 1.807) is 24.3 Å². The third kappa shape index (κ3) is 10.1. The first-order valence-corrected chi connectivity index (χ1v) is 14.2. The fourth-order valence-corrected chi connectivity index (χ4v) is 4.47. The Balaban J connectivity index is 1.94. The van der Waals surface area contributed by atoms with Crippen LogP contribution in [0, 0.1) is 5.82 Å². The number of aliphatic hydroxyl groups is 1. The van der Waals surface area contributed by atoms with Crippen molar-refractivity contribution < 1.29 is 38.5 Å². The molecule has 13 heteroatoms. The van der Waals surface area contributed by atoms with Crippen LogP contribution in [0.5, 0.6) is 5.75 Å². The number of aromatic nitrogens is 1. The first-order valence-electron chi connectivity index (χ1n) is 13.2. The number of carbonyl (C=O) groups is 4. The van der Waals surface area contributed by atoms with Gasteiger partial charge in [-0.1, -0.05) is 42.1 Å². The van der Waals surface area contributed by atoms with Gasteiger partial charge in [0.1, 0.15) is 23.0 Å².